The van der Waals surface area contributed by atoms with Gasteiger partial charge in [0.25, 0.3) is 10.0 Å². The van der Waals surface area contributed by atoms with E-state index in [4.69, 9.17) is 17.3 Å². The van der Waals surface area contributed by atoms with Gasteiger partial charge in [0, 0.05) is 19.3 Å². The quantitative estimate of drug-likeness (QED) is 0.876. The van der Waals surface area contributed by atoms with Crippen LogP contribution in [0.2, 0.25) is 4.34 Å². The van der Waals surface area contributed by atoms with E-state index in [1.54, 1.807) is 19.1 Å². The van der Waals surface area contributed by atoms with Gasteiger partial charge in [0.2, 0.25) is 0 Å². The molecule has 0 saturated heterocycles. The number of para-hydroxylation sites is 1. The lowest BCUT2D eigenvalue weighted by Gasteiger charge is -2.17. The van der Waals surface area contributed by atoms with Crippen molar-refractivity contribution in [3.63, 3.8) is 0 Å². The fourth-order valence-electron chi connectivity index (χ4n) is 1.72. The molecule has 0 aliphatic heterocycles. The Balaban J connectivity index is 2.28. The van der Waals surface area contributed by atoms with Gasteiger partial charge in [0.15, 0.2) is 0 Å². The zero-order chi connectivity index (χ0) is 14.9. The van der Waals surface area contributed by atoms with Crippen LogP contribution in [0.1, 0.15) is 11.1 Å². The lowest BCUT2D eigenvalue weighted by molar-refractivity contribution is 0.469. The summed E-state index contributed by atoms with van der Waals surface area (Å²) in [5.41, 5.74) is 7.96. The number of aryl methyl sites for hydroxylation is 1. The molecule has 108 valence electrons. The first kappa shape index (κ1) is 15.3. The van der Waals surface area contributed by atoms with E-state index >= 15 is 0 Å². The topological polar surface area (TPSA) is 63.4 Å². The standard InChI is InChI=1S/C13H15ClN2O2S2/c1-9-7-12(19-13(9)14)20(17,18)16(2)8-10-5-3-4-6-11(10)15/h3-7H,8,15H2,1-2H3. The number of nitrogen functional groups attached to an aromatic ring is 1. The number of hydrogen-bond acceptors (Lipinski definition) is 4. The third-order valence-corrected chi connectivity index (χ3v) is 6.75. The summed E-state index contributed by atoms with van der Waals surface area (Å²) in [6.45, 7) is 2.01. The molecular weight excluding hydrogens is 316 g/mol. The number of sulfonamides is 1. The molecule has 0 spiro atoms. The fourth-order valence-corrected chi connectivity index (χ4v) is 4.78. The average molecular weight is 331 g/mol. The minimum Gasteiger partial charge on any atom is -0.398 e. The van der Waals surface area contributed by atoms with Crippen LogP contribution in [0.25, 0.3) is 0 Å². The van der Waals surface area contributed by atoms with E-state index in [0.29, 0.717) is 10.0 Å². The summed E-state index contributed by atoms with van der Waals surface area (Å²) in [7, 11) is -2.01. The Labute approximate surface area is 127 Å². The molecule has 0 bridgehead atoms. The van der Waals surface area contributed by atoms with Gasteiger partial charge < -0.3 is 5.73 Å². The molecule has 2 rings (SSSR count). The molecule has 0 saturated carbocycles. The molecule has 4 nitrogen and oxygen atoms in total. The SMILES string of the molecule is Cc1cc(S(=O)(=O)N(C)Cc2ccccc2N)sc1Cl. The first-order valence-corrected chi connectivity index (χ1v) is 8.51. The Morgan fingerprint density at radius 2 is 2.00 bits per heavy atom. The third-order valence-electron chi connectivity index (χ3n) is 2.95. The summed E-state index contributed by atoms with van der Waals surface area (Å²) in [5, 5.41) is 0. The number of anilines is 1. The maximum Gasteiger partial charge on any atom is 0.252 e. The molecule has 1 aromatic heterocycles. The Kier molecular flexibility index (Phi) is 4.39. The van der Waals surface area contributed by atoms with Crippen LogP contribution in [0, 0.1) is 6.92 Å². The summed E-state index contributed by atoms with van der Waals surface area (Å²) >= 11 is 7.01. The van der Waals surface area contributed by atoms with Crippen molar-refractivity contribution in [1.82, 2.24) is 4.31 Å². The number of thiophene rings is 1. The minimum atomic E-state index is -3.54. The zero-order valence-corrected chi connectivity index (χ0v) is 13.5. The molecule has 0 fully saturated rings. The molecule has 1 aromatic carbocycles. The van der Waals surface area contributed by atoms with Gasteiger partial charge in [-0.1, -0.05) is 29.8 Å². The largest absolute Gasteiger partial charge is 0.398 e. The maximum atomic E-state index is 12.5. The van der Waals surface area contributed by atoms with E-state index in [2.05, 4.69) is 0 Å². The normalized spacial score (nSPS) is 12.0. The van der Waals surface area contributed by atoms with Gasteiger partial charge in [-0.2, -0.15) is 4.31 Å². The Morgan fingerprint density at radius 3 is 2.55 bits per heavy atom. The van der Waals surface area contributed by atoms with Gasteiger partial charge >= 0.3 is 0 Å². The number of hydrogen-bond donors (Lipinski definition) is 1. The number of halogens is 1. The smallest absolute Gasteiger partial charge is 0.252 e. The van der Waals surface area contributed by atoms with Crippen molar-refractivity contribution in [2.45, 2.75) is 17.7 Å². The molecule has 0 amide bonds. The Hall–Kier alpha value is -1.08. The summed E-state index contributed by atoms with van der Waals surface area (Å²) in [6.07, 6.45) is 0. The van der Waals surface area contributed by atoms with Gasteiger partial charge in [-0.05, 0) is 30.2 Å². The second-order valence-electron chi connectivity index (χ2n) is 4.48. The number of rotatable bonds is 4. The van der Waals surface area contributed by atoms with Crippen molar-refractivity contribution >= 4 is 38.6 Å². The predicted octanol–water partition coefficient (Wildman–Crippen LogP) is 3.11. The second kappa shape index (κ2) is 5.73. The van der Waals surface area contributed by atoms with Crippen LogP contribution in [-0.4, -0.2) is 19.8 Å². The molecule has 2 aromatic rings. The fraction of sp³-hybridized carbons (Fsp3) is 0.231. The third kappa shape index (κ3) is 2.98. The van der Waals surface area contributed by atoms with E-state index < -0.39 is 10.0 Å². The second-order valence-corrected chi connectivity index (χ2v) is 8.41. The predicted molar refractivity (Wildman–Crippen MR) is 83.6 cm³/mol. The van der Waals surface area contributed by atoms with Crippen LogP contribution in [0.4, 0.5) is 5.69 Å². The first-order valence-electron chi connectivity index (χ1n) is 5.88. The average Bonchev–Trinajstić information content (AvgIpc) is 2.73. The van der Waals surface area contributed by atoms with E-state index in [-0.39, 0.29) is 10.8 Å². The van der Waals surface area contributed by atoms with Crippen LogP contribution in [-0.2, 0) is 16.6 Å². The zero-order valence-electron chi connectivity index (χ0n) is 11.1. The van der Waals surface area contributed by atoms with Gasteiger partial charge in [0.05, 0.1) is 4.34 Å². The lowest BCUT2D eigenvalue weighted by atomic mass is 10.2. The lowest BCUT2D eigenvalue weighted by Crippen LogP contribution is -2.26. The molecule has 1 heterocycles. The molecule has 0 radical (unpaired) electrons. The van der Waals surface area contributed by atoms with Crippen molar-refractivity contribution in [2.75, 3.05) is 12.8 Å². The van der Waals surface area contributed by atoms with Crippen LogP contribution in [0.5, 0.6) is 0 Å². The summed E-state index contributed by atoms with van der Waals surface area (Å²) < 4.78 is 26.9. The summed E-state index contributed by atoms with van der Waals surface area (Å²) in [6, 6.07) is 8.80. The molecule has 0 aliphatic rings. The number of nitrogens with zero attached hydrogens (tertiary/aromatic N) is 1. The Bertz CT molecular complexity index is 706. The van der Waals surface area contributed by atoms with E-state index in [0.717, 1.165) is 22.5 Å². The van der Waals surface area contributed by atoms with Gasteiger partial charge in [-0.25, -0.2) is 8.42 Å². The number of benzene rings is 1. The molecule has 7 heteroatoms. The van der Waals surface area contributed by atoms with Crippen LogP contribution < -0.4 is 5.73 Å². The highest BCUT2D eigenvalue weighted by atomic mass is 35.5. The molecule has 0 aliphatic carbocycles. The van der Waals surface area contributed by atoms with Gasteiger partial charge in [0.1, 0.15) is 4.21 Å². The highest BCUT2D eigenvalue weighted by Gasteiger charge is 2.24. The molecule has 0 unspecified atom stereocenters. The van der Waals surface area contributed by atoms with Crippen LogP contribution in [0.3, 0.4) is 0 Å². The summed E-state index contributed by atoms with van der Waals surface area (Å²) in [4.78, 5) is 0. The van der Waals surface area contributed by atoms with Gasteiger partial charge in [-0.3, -0.25) is 0 Å². The first-order chi connectivity index (χ1) is 9.32. The maximum absolute atomic E-state index is 12.5. The molecule has 20 heavy (non-hydrogen) atoms. The Morgan fingerprint density at radius 1 is 1.35 bits per heavy atom. The molecule has 0 atom stereocenters. The minimum absolute atomic E-state index is 0.226. The molecular formula is C13H15ClN2O2S2. The van der Waals surface area contributed by atoms with Crippen molar-refractivity contribution in [1.29, 1.82) is 0 Å². The van der Waals surface area contributed by atoms with Crippen LogP contribution >= 0.6 is 22.9 Å². The van der Waals surface area contributed by atoms with E-state index in [1.807, 2.05) is 18.2 Å². The monoisotopic (exact) mass is 330 g/mol. The highest BCUT2D eigenvalue weighted by molar-refractivity contribution is 7.91. The highest BCUT2D eigenvalue weighted by Crippen LogP contribution is 2.32. The van der Waals surface area contributed by atoms with E-state index in [9.17, 15) is 8.42 Å². The van der Waals surface area contributed by atoms with Crippen molar-refractivity contribution in [3.05, 3.63) is 45.8 Å². The molecule has 2 N–H and O–H groups in total. The van der Waals surface area contributed by atoms with Crippen molar-refractivity contribution in [3.8, 4) is 0 Å². The van der Waals surface area contributed by atoms with E-state index in [1.165, 1.54) is 11.4 Å². The number of nitrogens with two attached hydrogens (primary N) is 1. The van der Waals surface area contributed by atoms with Gasteiger partial charge in [-0.15, -0.1) is 11.3 Å². The van der Waals surface area contributed by atoms with Crippen molar-refractivity contribution < 1.29 is 8.42 Å². The summed E-state index contributed by atoms with van der Waals surface area (Å²) in [5.74, 6) is 0. The van der Waals surface area contributed by atoms with Crippen LogP contribution in [0.15, 0.2) is 34.5 Å². The van der Waals surface area contributed by atoms with Crippen molar-refractivity contribution in [2.24, 2.45) is 0 Å².